The molecule has 0 unspecified atom stereocenters. The minimum Gasteiger partial charge on any atom is -0.398 e. The van der Waals surface area contributed by atoms with Crippen LogP contribution in [0.25, 0.3) is 0 Å². The summed E-state index contributed by atoms with van der Waals surface area (Å²) in [4.78, 5) is 0. The highest BCUT2D eigenvalue weighted by molar-refractivity contribution is 9.10. The first-order chi connectivity index (χ1) is 12.3. The number of nitrogen functional groups attached to an aromatic ring is 2. The summed E-state index contributed by atoms with van der Waals surface area (Å²) in [5.74, 6) is 0.128. The molecule has 0 spiro atoms. The van der Waals surface area contributed by atoms with Crippen molar-refractivity contribution in [2.24, 2.45) is 0 Å². The zero-order valence-electron chi connectivity index (χ0n) is 15.7. The maximum Gasteiger partial charge on any atom is 0.0373 e. The van der Waals surface area contributed by atoms with Crippen molar-refractivity contribution in [1.29, 1.82) is 0 Å². The third-order valence-electron chi connectivity index (χ3n) is 5.08. The number of benzene rings is 3. The molecule has 3 rings (SSSR count). The quantitative estimate of drug-likeness (QED) is 0.410. The Morgan fingerprint density at radius 2 is 1.08 bits per heavy atom. The summed E-state index contributed by atoms with van der Waals surface area (Å²) in [5.41, 5.74) is 22.3. The van der Waals surface area contributed by atoms with Crippen LogP contribution in [0, 0.1) is 27.7 Å². The van der Waals surface area contributed by atoms with Gasteiger partial charge in [0.05, 0.1) is 0 Å². The normalized spacial score (nSPS) is 11.2. The average Bonchev–Trinajstić information content (AvgIpc) is 2.57. The molecule has 0 radical (unpaired) electrons. The fourth-order valence-corrected chi connectivity index (χ4v) is 4.03. The Morgan fingerprint density at radius 3 is 1.46 bits per heavy atom. The van der Waals surface area contributed by atoms with Crippen LogP contribution in [-0.2, 0) is 0 Å². The Hall–Kier alpha value is -2.26. The van der Waals surface area contributed by atoms with Crippen molar-refractivity contribution in [1.82, 2.24) is 0 Å². The third kappa shape index (κ3) is 3.49. The first-order valence-electron chi connectivity index (χ1n) is 8.76. The van der Waals surface area contributed by atoms with E-state index < -0.39 is 0 Å². The molecule has 26 heavy (non-hydrogen) atoms. The lowest BCUT2D eigenvalue weighted by atomic mass is 9.82. The molecule has 0 amide bonds. The lowest BCUT2D eigenvalue weighted by Gasteiger charge is -2.23. The fraction of sp³-hybridized carbons (Fsp3) is 0.217. The molecule has 0 atom stereocenters. The van der Waals surface area contributed by atoms with Gasteiger partial charge in [-0.25, -0.2) is 0 Å². The van der Waals surface area contributed by atoms with Crippen molar-refractivity contribution in [2.45, 2.75) is 33.6 Å². The lowest BCUT2D eigenvalue weighted by molar-refractivity contribution is 0.965. The number of hydrogen-bond donors (Lipinski definition) is 2. The monoisotopic (exact) mass is 408 g/mol. The van der Waals surface area contributed by atoms with E-state index in [1.54, 1.807) is 0 Å². The lowest BCUT2D eigenvalue weighted by Crippen LogP contribution is -2.07. The first-order valence-corrected chi connectivity index (χ1v) is 9.56. The zero-order chi connectivity index (χ0) is 19.0. The molecular formula is C23H25BrN2. The van der Waals surface area contributed by atoms with Crippen LogP contribution >= 0.6 is 15.9 Å². The second-order valence-electron chi connectivity index (χ2n) is 7.12. The van der Waals surface area contributed by atoms with Crippen molar-refractivity contribution in [3.8, 4) is 0 Å². The zero-order valence-corrected chi connectivity index (χ0v) is 17.3. The minimum absolute atomic E-state index is 0.128. The van der Waals surface area contributed by atoms with Crippen molar-refractivity contribution >= 4 is 27.3 Å². The Bertz CT molecular complexity index is 872. The van der Waals surface area contributed by atoms with Crippen LogP contribution in [0.2, 0.25) is 0 Å². The molecule has 3 aromatic carbocycles. The van der Waals surface area contributed by atoms with Crippen molar-refractivity contribution < 1.29 is 0 Å². The van der Waals surface area contributed by atoms with Gasteiger partial charge in [-0.2, -0.15) is 0 Å². The topological polar surface area (TPSA) is 52.0 Å². The summed E-state index contributed by atoms with van der Waals surface area (Å²) < 4.78 is 1.08. The second-order valence-corrected chi connectivity index (χ2v) is 8.04. The van der Waals surface area contributed by atoms with Gasteiger partial charge in [-0.1, -0.05) is 52.3 Å². The SMILES string of the molecule is Cc1cc(C(c2cccc(Br)c2)c2cc(C)c(N)c(C)c2)cc(C)c1N. The molecule has 134 valence electrons. The summed E-state index contributed by atoms with van der Waals surface area (Å²) in [6.45, 7) is 8.29. The maximum atomic E-state index is 6.20. The standard InChI is InChI=1S/C23H25BrN2/c1-13-8-18(9-14(2)22(13)25)21(17-6-5-7-20(24)12-17)19-10-15(3)23(26)16(4)11-19/h5-12,21H,25-26H2,1-4H3. The van der Waals surface area contributed by atoms with Crippen LogP contribution in [0.1, 0.15) is 44.9 Å². The molecule has 0 aromatic heterocycles. The van der Waals surface area contributed by atoms with Gasteiger partial charge >= 0.3 is 0 Å². The molecule has 0 fully saturated rings. The first kappa shape index (κ1) is 18.5. The van der Waals surface area contributed by atoms with Gasteiger partial charge in [0.15, 0.2) is 0 Å². The predicted octanol–water partition coefficient (Wildman–Crippen LogP) is 6.03. The molecule has 0 heterocycles. The highest BCUT2D eigenvalue weighted by Crippen LogP contribution is 2.37. The summed E-state index contributed by atoms with van der Waals surface area (Å²) in [6.07, 6.45) is 0. The number of halogens is 1. The number of hydrogen-bond acceptors (Lipinski definition) is 2. The molecule has 0 aliphatic rings. The van der Waals surface area contributed by atoms with Gasteiger partial charge in [0, 0.05) is 21.8 Å². The van der Waals surface area contributed by atoms with Gasteiger partial charge in [0.1, 0.15) is 0 Å². The number of rotatable bonds is 3. The smallest absolute Gasteiger partial charge is 0.0373 e. The predicted molar refractivity (Wildman–Crippen MR) is 116 cm³/mol. The molecule has 3 heteroatoms. The Morgan fingerprint density at radius 1 is 0.654 bits per heavy atom. The van der Waals surface area contributed by atoms with Crippen molar-refractivity contribution in [2.75, 3.05) is 11.5 Å². The van der Waals surface area contributed by atoms with Crippen LogP contribution < -0.4 is 11.5 Å². The van der Waals surface area contributed by atoms with Crippen molar-refractivity contribution in [3.63, 3.8) is 0 Å². The molecule has 0 aliphatic carbocycles. The fourth-order valence-electron chi connectivity index (χ4n) is 3.61. The van der Waals surface area contributed by atoms with Gasteiger partial charge in [0.2, 0.25) is 0 Å². The molecule has 0 aliphatic heterocycles. The molecular weight excluding hydrogens is 384 g/mol. The molecule has 0 bridgehead atoms. The van der Waals surface area contributed by atoms with Gasteiger partial charge < -0.3 is 11.5 Å². The van der Waals surface area contributed by atoms with Crippen molar-refractivity contribution in [3.05, 3.63) is 91.9 Å². The maximum absolute atomic E-state index is 6.20. The van der Waals surface area contributed by atoms with E-state index in [9.17, 15) is 0 Å². The van der Waals surface area contributed by atoms with E-state index in [2.05, 4.69) is 92.2 Å². The van der Waals surface area contributed by atoms with E-state index in [1.165, 1.54) is 16.7 Å². The molecule has 2 nitrogen and oxygen atoms in total. The van der Waals surface area contributed by atoms with Crippen LogP contribution in [0.15, 0.2) is 53.0 Å². The number of anilines is 2. The van der Waals surface area contributed by atoms with E-state index >= 15 is 0 Å². The van der Waals surface area contributed by atoms with E-state index in [0.29, 0.717) is 0 Å². The second kappa shape index (κ2) is 7.16. The van der Waals surface area contributed by atoms with Crippen LogP contribution in [0.3, 0.4) is 0 Å². The Labute approximate surface area is 164 Å². The number of aryl methyl sites for hydroxylation is 4. The highest BCUT2D eigenvalue weighted by atomic mass is 79.9. The van der Waals surface area contributed by atoms with E-state index in [4.69, 9.17) is 11.5 Å². The summed E-state index contributed by atoms with van der Waals surface area (Å²) >= 11 is 3.62. The summed E-state index contributed by atoms with van der Waals surface area (Å²) in [5, 5.41) is 0. The van der Waals surface area contributed by atoms with E-state index in [0.717, 1.165) is 38.1 Å². The third-order valence-corrected chi connectivity index (χ3v) is 5.57. The minimum atomic E-state index is 0.128. The molecule has 3 aromatic rings. The van der Waals surface area contributed by atoms with Crippen LogP contribution in [0.5, 0.6) is 0 Å². The molecule has 4 N–H and O–H groups in total. The average molecular weight is 409 g/mol. The summed E-state index contributed by atoms with van der Waals surface area (Å²) in [7, 11) is 0. The largest absolute Gasteiger partial charge is 0.398 e. The van der Waals surface area contributed by atoms with Crippen LogP contribution in [-0.4, -0.2) is 0 Å². The van der Waals surface area contributed by atoms with E-state index in [1.807, 2.05) is 0 Å². The van der Waals surface area contributed by atoms with Crippen LogP contribution in [0.4, 0.5) is 11.4 Å². The van der Waals surface area contributed by atoms with Gasteiger partial charge in [0.25, 0.3) is 0 Å². The molecule has 0 saturated heterocycles. The highest BCUT2D eigenvalue weighted by Gasteiger charge is 2.20. The van der Waals surface area contributed by atoms with Gasteiger partial charge in [-0.05, 0) is 78.8 Å². The summed E-state index contributed by atoms with van der Waals surface area (Å²) in [6, 6.07) is 17.3. The van der Waals surface area contributed by atoms with Gasteiger partial charge in [-0.3, -0.25) is 0 Å². The Balaban J connectivity index is 2.27. The molecule has 0 saturated carbocycles. The van der Waals surface area contributed by atoms with E-state index in [-0.39, 0.29) is 5.92 Å². The number of nitrogens with two attached hydrogens (primary N) is 2. The van der Waals surface area contributed by atoms with Gasteiger partial charge in [-0.15, -0.1) is 0 Å². The Kier molecular flexibility index (Phi) is 5.10.